The third-order valence-electron chi connectivity index (χ3n) is 6.44. The summed E-state index contributed by atoms with van der Waals surface area (Å²) in [7, 11) is 3.98. The molecule has 0 aromatic heterocycles. The minimum Gasteiger partial charge on any atom is -0.492 e. The highest BCUT2D eigenvalue weighted by molar-refractivity contribution is 6.01. The van der Waals surface area contributed by atoms with Crippen molar-refractivity contribution < 1.29 is 24.5 Å². The summed E-state index contributed by atoms with van der Waals surface area (Å²) in [5.74, 6) is 0.0863. The monoisotopic (exact) mass is 503 g/mol. The van der Waals surface area contributed by atoms with Crippen molar-refractivity contribution >= 4 is 11.8 Å². The Kier molecular flexibility index (Phi) is 8.55. The largest absolute Gasteiger partial charge is 0.492 e. The second-order valence-corrected chi connectivity index (χ2v) is 9.39. The van der Waals surface area contributed by atoms with Gasteiger partial charge in [0.05, 0.1) is 13.2 Å². The summed E-state index contributed by atoms with van der Waals surface area (Å²) in [6.45, 7) is 1.74. The molecule has 0 saturated carbocycles. The van der Waals surface area contributed by atoms with Crippen LogP contribution in [0.15, 0.2) is 60.7 Å². The predicted molar refractivity (Wildman–Crippen MR) is 140 cm³/mol. The van der Waals surface area contributed by atoms with Crippen molar-refractivity contribution in [1.29, 1.82) is 0 Å². The van der Waals surface area contributed by atoms with Crippen molar-refractivity contribution in [1.82, 2.24) is 15.1 Å². The molecular formula is C29H33N3O5. The van der Waals surface area contributed by atoms with Gasteiger partial charge in [0, 0.05) is 37.3 Å². The van der Waals surface area contributed by atoms with Crippen molar-refractivity contribution in [2.45, 2.75) is 32.8 Å². The number of nitrogens with one attached hydrogen (secondary N) is 1. The summed E-state index contributed by atoms with van der Waals surface area (Å²) in [6, 6.07) is 18.3. The van der Waals surface area contributed by atoms with E-state index >= 15 is 0 Å². The Morgan fingerprint density at radius 1 is 0.919 bits per heavy atom. The highest BCUT2D eigenvalue weighted by Crippen LogP contribution is 2.29. The maximum absolute atomic E-state index is 13.6. The third kappa shape index (κ3) is 6.35. The lowest BCUT2D eigenvalue weighted by atomic mass is 9.97. The molecule has 3 aromatic rings. The van der Waals surface area contributed by atoms with Gasteiger partial charge in [0.1, 0.15) is 12.4 Å². The first-order valence-electron chi connectivity index (χ1n) is 12.3. The standard InChI is InChI=1S/C29H33N3O5/c1-31(2)10-11-37-25-9-8-21-16-32(17-22(21)13-25)29(36)27-14-26(23(18-33)12-24(27)19-34)28(35)30-15-20-6-4-3-5-7-20/h3-9,12-14,33-34H,10-11,15-19H2,1-2H3,(H,30,35). The molecule has 0 spiro atoms. The fraction of sp³-hybridized carbons (Fsp3) is 0.310. The summed E-state index contributed by atoms with van der Waals surface area (Å²) in [5.41, 5.74) is 4.17. The minimum atomic E-state index is -0.393. The Balaban J connectivity index is 1.52. The zero-order valence-electron chi connectivity index (χ0n) is 21.2. The zero-order chi connectivity index (χ0) is 26.4. The number of amides is 2. The maximum atomic E-state index is 13.6. The highest BCUT2D eigenvalue weighted by Gasteiger charge is 2.28. The van der Waals surface area contributed by atoms with Gasteiger partial charge < -0.3 is 30.1 Å². The lowest BCUT2D eigenvalue weighted by molar-refractivity contribution is 0.0748. The van der Waals surface area contributed by atoms with Crippen LogP contribution in [0.5, 0.6) is 5.75 Å². The van der Waals surface area contributed by atoms with Crippen LogP contribution in [0.1, 0.15) is 48.5 Å². The van der Waals surface area contributed by atoms with E-state index in [1.54, 1.807) is 4.90 Å². The molecule has 0 fully saturated rings. The van der Waals surface area contributed by atoms with E-state index in [1.807, 2.05) is 67.5 Å². The molecule has 194 valence electrons. The van der Waals surface area contributed by atoms with Gasteiger partial charge in [0.25, 0.3) is 11.8 Å². The number of ether oxygens (including phenoxy) is 1. The molecule has 0 bridgehead atoms. The van der Waals surface area contributed by atoms with Crippen LogP contribution in [0, 0.1) is 0 Å². The van der Waals surface area contributed by atoms with Crippen LogP contribution in [0.3, 0.4) is 0 Å². The average molecular weight is 504 g/mol. The Labute approximate surface area is 217 Å². The number of fused-ring (bicyclic) bond motifs is 1. The first-order valence-corrected chi connectivity index (χ1v) is 12.3. The van der Waals surface area contributed by atoms with Gasteiger partial charge in [-0.1, -0.05) is 36.4 Å². The molecule has 1 heterocycles. The summed E-state index contributed by atoms with van der Waals surface area (Å²) < 4.78 is 5.84. The number of aliphatic hydroxyl groups excluding tert-OH is 2. The number of nitrogens with zero attached hydrogens (tertiary/aromatic N) is 2. The van der Waals surface area contributed by atoms with E-state index in [2.05, 4.69) is 5.32 Å². The number of hydrogen-bond donors (Lipinski definition) is 3. The van der Waals surface area contributed by atoms with Crippen LogP contribution in [-0.2, 0) is 32.8 Å². The van der Waals surface area contributed by atoms with E-state index in [0.29, 0.717) is 37.4 Å². The molecule has 1 aliphatic rings. The van der Waals surface area contributed by atoms with E-state index in [-0.39, 0.29) is 30.2 Å². The Bertz CT molecular complexity index is 1260. The lowest BCUT2D eigenvalue weighted by Crippen LogP contribution is -2.28. The van der Waals surface area contributed by atoms with Gasteiger partial charge >= 0.3 is 0 Å². The van der Waals surface area contributed by atoms with Crippen LogP contribution < -0.4 is 10.1 Å². The molecule has 1 aliphatic heterocycles. The van der Waals surface area contributed by atoms with Gasteiger partial charge in [-0.25, -0.2) is 0 Å². The molecule has 0 atom stereocenters. The topological polar surface area (TPSA) is 102 Å². The third-order valence-corrected chi connectivity index (χ3v) is 6.44. The van der Waals surface area contributed by atoms with Gasteiger partial charge in [0.2, 0.25) is 0 Å². The number of hydrogen-bond acceptors (Lipinski definition) is 6. The van der Waals surface area contributed by atoms with Crippen molar-refractivity contribution in [2.75, 3.05) is 27.2 Å². The molecule has 3 aromatic carbocycles. The van der Waals surface area contributed by atoms with E-state index in [4.69, 9.17) is 4.74 Å². The fourth-order valence-electron chi connectivity index (χ4n) is 4.36. The van der Waals surface area contributed by atoms with E-state index < -0.39 is 5.91 Å². The number of carbonyl (C=O) groups excluding carboxylic acids is 2. The van der Waals surface area contributed by atoms with Gasteiger partial charge in [-0.3, -0.25) is 9.59 Å². The summed E-state index contributed by atoms with van der Waals surface area (Å²) in [5, 5.41) is 22.7. The SMILES string of the molecule is CN(C)CCOc1ccc2c(c1)CN(C(=O)c1cc(C(=O)NCc3ccccc3)c(CO)cc1CO)C2. The minimum absolute atomic E-state index is 0.215. The van der Waals surface area contributed by atoms with Crippen molar-refractivity contribution in [2.24, 2.45) is 0 Å². The fourth-order valence-corrected chi connectivity index (χ4v) is 4.36. The highest BCUT2D eigenvalue weighted by atomic mass is 16.5. The van der Waals surface area contributed by atoms with Gasteiger partial charge in [0.15, 0.2) is 0 Å². The summed E-state index contributed by atoms with van der Waals surface area (Å²) >= 11 is 0. The molecule has 2 amide bonds. The lowest BCUT2D eigenvalue weighted by Gasteiger charge is -2.19. The molecule has 0 aliphatic carbocycles. The number of rotatable bonds is 10. The average Bonchev–Trinajstić information content (AvgIpc) is 3.34. The molecule has 8 nitrogen and oxygen atoms in total. The molecule has 0 unspecified atom stereocenters. The number of likely N-dealkylation sites (N-methyl/N-ethyl adjacent to an activating group) is 1. The van der Waals surface area contributed by atoms with Crippen LogP contribution >= 0.6 is 0 Å². The molecular weight excluding hydrogens is 470 g/mol. The first kappa shape index (κ1) is 26.3. The predicted octanol–water partition coefficient (Wildman–Crippen LogP) is 2.70. The Morgan fingerprint density at radius 2 is 1.62 bits per heavy atom. The molecule has 8 heteroatoms. The molecule has 0 radical (unpaired) electrons. The van der Waals surface area contributed by atoms with Gasteiger partial charge in [-0.2, -0.15) is 0 Å². The van der Waals surface area contributed by atoms with E-state index in [9.17, 15) is 19.8 Å². The quantitative estimate of drug-likeness (QED) is 0.393. The molecule has 0 saturated heterocycles. The van der Waals surface area contributed by atoms with Crippen LogP contribution in [0.4, 0.5) is 0 Å². The Hall–Kier alpha value is -3.72. The zero-order valence-corrected chi connectivity index (χ0v) is 21.2. The van der Waals surface area contributed by atoms with Gasteiger partial charge in [-0.15, -0.1) is 0 Å². The number of carbonyl (C=O) groups is 2. The number of benzene rings is 3. The Morgan fingerprint density at radius 3 is 2.32 bits per heavy atom. The smallest absolute Gasteiger partial charge is 0.254 e. The second kappa shape index (κ2) is 12.0. The summed E-state index contributed by atoms with van der Waals surface area (Å²) in [4.78, 5) is 30.3. The van der Waals surface area contributed by atoms with E-state index in [1.165, 1.54) is 12.1 Å². The maximum Gasteiger partial charge on any atom is 0.254 e. The van der Waals surface area contributed by atoms with Crippen molar-refractivity contribution in [3.8, 4) is 5.75 Å². The van der Waals surface area contributed by atoms with Gasteiger partial charge in [-0.05, 0) is 66.2 Å². The molecule has 3 N–H and O–H groups in total. The normalized spacial score (nSPS) is 12.5. The molecule has 37 heavy (non-hydrogen) atoms. The number of aliphatic hydroxyl groups is 2. The first-order chi connectivity index (χ1) is 17.9. The van der Waals surface area contributed by atoms with Crippen molar-refractivity contribution in [3.05, 3.63) is 99.6 Å². The van der Waals surface area contributed by atoms with Crippen LogP contribution in [-0.4, -0.2) is 59.1 Å². The van der Waals surface area contributed by atoms with Crippen LogP contribution in [0.2, 0.25) is 0 Å². The molecule has 4 rings (SSSR count). The van der Waals surface area contributed by atoms with Crippen LogP contribution in [0.25, 0.3) is 0 Å². The second-order valence-electron chi connectivity index (χ2n) is 9.39. The summed E-state index contributed by atoms with van der Waals surface area (Å²) in [6.07, 6.45) is 0. The van der Waals surface area contributed by atoms with Crippen molar-refractivity contribution in [3.63, 3.8) is 0 Å². The van der Waals surface area contributed by atoms with E-state index in [0.717, 1.165) is 29.0 Å².